The molecule has 0 aliphatic rings. The number of carbonyl (C=O) groups is 1. The third-order valence-electron chi connectivity index (χ3n) is 2.55. The van der Waals surface area contributed by atoms with E-state index in [1.165, 1.54) is 0 Å². The molecule has 0 spiro atoms. The molecule has 0 aromatic heterocycles. The molecule has 0 saturated carbocycles. The van der Waals surface area contributed by atoms with E-state index in [1.807, 2.05) is 36.2 Å². The Kier molecular flexibility index (Phi) is 5.45. The molecule has 1 rings (SSSR count). The lowest BCUT2D eigenvalue weighted by molar-refractivity contribution is -0.144. The minimum Gasteiger partial charge on any atom is -0.497 e. The van der Waals surface area contributed by atoms with Crippen LogP contribution in [-0.2, 0) is 9.53 Å². The van der Waals surface area contributed by atoms with E-state index in [0.717, 1.165) is 11.4 Å². The Morgan fingerprint density at radius 1 is 1.50 bits per heavy atom. The Balaban J connectivity index is 2.63. The van der Waals surface area contributed by atoms with Crippen LogP contribution in [0, 0.1) is 0 Å². The number of benzene rings is 1. The van der Waals surface area contributed by atoms with Gasteiger partial charge in [0.05, 0.1) is 13.7 Å². The molecule has 0 radical (unpaired) electrons. The van der Waals surface area contributed by atoms with E-state index < -0.39 is 6.04 Å². The van der Waals surface area contributed by atoms with Crippen molar-refractivity contribution in [3.05, 3.63) is 24.3 Å². The van der Waals surface area contributed by atoms with Gasteiger partial charge in [-0.05, 0) is 19.1 Å². The number of hydrogen-bond donors (Lipinski definition) is 1. The molecule has 0 aliphatic carbocycles. The molecule has 0 heterocycles. The molecule has 0 saturated heterocycles. The summed E-state index contributed by atoms with van der Waals surface area (Å²) >= 11 is 0. The zero-order chi connectivity index (χ0) is 13.5. The maximum absolute atomic E-state index is 11.4. The van der Waals surface area contributed by atoms with Crippen LogP contribution in [0.4, 0.5) is 5.69 Å². The smallest absolute Gasteiger partial charge is 0.324 e. The minimum absolute atomic E-state index is 0.343. The summed E-state index contributed by atoms with van der Waals surface area (Å²) < 4.78 is 10.0. The molecule has 0 aliphatic heterocycles. The standard InChI is InChI=1S/C13H20N2O3/c1-4-18-13(16)12(14)9-15(2)10-6-5-7-11(8-10)17-3/h5-8,12H,4,9,14H2,1-3H3. The van der Waals surface area contributed by atoms with E-state index in [9.17, 15) is 4.79 Å². The summed E-state index contributed by atoms with van der Waals surface area (Å²) in [5.41, 5.74) is 6.70. The second-order valence-corrected chi connectivity index (χ2v) is 3.94. The van der Waals surface area contributed by atoms with Gasteiger partial charge in [0.25, 0.3) is 0 Å². The highest BCUT2D eigenvalue weighted by molar-refractivity contribution is 5.76. The van der Waals surface area contributed by atoms with Crippen molar-refractivity contribution in [1.82, 2.24) is 0 Å². The van der Waals surface area contributed by atoms with Crippen molar-refractivity contribution < 1.29 is 14.3 Å². The van der Waals surface area contributed by atoms with Gasteiger partial charge >= 0.3 is 5.97 Å². The van der Waals surface area contributed by atoms with Crippen molar-refractivity contribution in [1.29, 1.82) is 0 Å². The second-order valence-electron chi connectivity index (χ2n) is 3.94. The van der Waals surface area contributed by atoms with E-state index in [1.54, 1.807) is 14.0 Å². The topological polar surface area (TPSA) is 64.8 Å². The first kappa shape index (κ1) is 14.3. The molecule has 18 heavy (non-hydrogen) atoms. The Hall–Kier alpha value is -1.75. The number of hydrogen-bond acceptors (Lipinski definition) is 5. The minimum atomic E-state index is -0.652. The number of anilines is 1. The average Bonchev–Trinajstić information content (AvgIpc) is 2.39. The Morgan fingerprint density at radius 2 is 2.22 bits per heavy atom. The van der Waals surface area contributed by atoms with E-state index in [2.05, 4.69) is 0 Å². The molecule has 0 amide bonds. The molecular formula is C13H20N2O3. The number of methoxy groups -OCH3 is 1. The fourth-order valence-electron chi connectivity index (χ4n) is 1.57. The second kappa shape index (κ2) is 6.86. The fraction of sp³-hybridized carbons (Fsp3) is 0.462. The molecular weight excluding hydrogens is 232 g/mol. The number of nitrogens with zero attached hydrogens (tertiary/aromatic N) is 1. The van der Waals surface area contributed by atoms with Gasteiger partial charge in [-0.15, -0.1) is 0 Å². The molecule has 0 fully saturated rings. The highest BCUT2D eigenvalue weighted by Gasteiger charge is 2.17. The van der Waals surface area contributed by atoms with Crippen LogP contribution in [0.3, 0.4) is 0 Å². The van der Waals surface area contributed by atoms with Crippen molar-refractivity contribution in [2.24, 2.45) is 5.73 Å². The van der Waals surface area contributed by atoms with Gasteiger partial charge in [0.15, 0.2) is 0 Å². The number of rotatable bonds is 6. The van der Waals surface area contributed by atoms with Gasteiger partial charge in [-0.25, -0.2) is 0 Å². The summed E-state index contributed by atoms with van der Waals surface area (Å²) in [6.45, 7) is 2.50. The van der Waals surface area contributed by atoms with Crippen molar-refractivity contribution in [2.75, 3.05) is 32.2 Å². The Bertz CT molecular complexity index is 396. The van der Waals surface area contributed by atoms with E-state index in [4.69, 9.17) is 15.2 Å². The quantitative estimate of drug-likeness (QED) is 0.766. The van der Waals surface area contributed by atoms with Gasteiger partial charge in [-0.3, -0.25) is 4.79 Å². The lowest BCUT2D eigenvalue weighted by Gasteiger charge is -2.22. The SMILES string of the molecule is CCOC(=O)C(N)CN(C)c1cccc(OC)c1. The first-order valence-corrected chi connectivity index (χ1v) is 5.86. The predicted octanol–water partition coefficient (Wildman–Crippen LogP) is 1.02. The lowest BCUT2D eigenvalue weighted by Crippen LogP contribution is -2.42. The molecule has 100 valence electrons. The van der Waals surface area contributed by atoms with Crippen molar-refractivity contribution >= 4 is 11.7 Å². The van der Waals surface area contributed by atoms with Crippen molar-refractivity contribution in [3.63, 3.8) is 0 Å². The van der Waals surface area contributed by atoms with Gasteiger partial charge in [0.1, 0.15) is 11.8 Å². The van der Waals surface area contributed by atoms with Crippen molar-refractivity contribution in [3.8, 4) is 5.75 Å². The Labute approximate surface area is 107 Å². The summed E-state index contributed by atoms with van der Waals surface area (Å²) in [5, 5.41) is 0. The summed E-state index contributed by atoms with van der Waals surface area (Å²) in [6, 6.07) is 6.92. The van der Waals surface area contributed by atoms with Gasteiger partial charge in [-0.1, -0.05) is 6.07 Å². The number of ether oxygens (including phenoxy) is 2. The number of esters is 1. The molecule has 1 unspecified atom stereocenters. The molecule has 5 heteroatoms. The monoisotopic (exact) mass is 252 g/mol. The summed E-state index contributed by atoms with van der Waals surface area (Å²) in [4.78, 5) is 13.3. The van der Waals surface area contributed by atoms with E-state index in [0.29, 0.717) is 13.2 Å². The summed E-state index contributed by atoms with van der Waals surface area (Å²) in [5.74, 6) is 0.385. The van der Waals surface area contributed by atoms with Crippen molar-refractivity contribution in [2.45, 2.75) is 13.0 Å². The number of nitrogens with two attached hydrogens (primary N) is 1. The van der Waals surface area contributed by atoms with E-state index >= 15 is 0 Å². The van der Waals surface area contributed by atoms with Crippen LogP contribution >= 0.6 is 0 Å². The van der Waals surface area contributed by atoms with Crippen LogP contribution in [-0.4, -0.2) is 39.3 Å². The van der Waals surface area contributed by atoms with Crippen LogP contribution in [0.2, 0.25) is 0 Å². The molecule has 5 nitrogen and oxygen atoms in total. The summed E-state index contributed by atoms with van der Waals surface area (Å²) in [7, 11) is 3.48. The maximum atomic E-state index is 11.4. The van der Waals surface area contributed by atoms with Gasteiger partial charge < -0.3 is 20.1 Å². The predicted molar refractivity (Wildman–Crippen MR) is 70.9 cm³/mol. The lowest BCUT2D eigenvalue weighted by atomic mass is 10.2. The Morgan fingerprint density at radius 3 is 2.83 bits per heavy atom. The number of likely N-dealkylation sites (N-methyl/N-ethyl adjacent to an activating group) is 1. The normalized spacial score (nSPS) is 11.8. The third-order valence-corrected chi connectivity index (χ3v) is 2.55. The first-order chi connectivity index (χ1) is 8.58. The van der Waals surface area contributed by atoms with Crippen LogP contribution in [0.25, 0.3) is 0 Å². The van der Waals surface area contributed by atoms with Crippen LogP contribution < -0.4 is 15.4 Å². The summed E-state index contributed by atoms with van der Waals surface area (Å²) in [6.07, 6.45) is 0. The molecule has 1 aromatic carbocycles. The zero-order valence-electron chi connectivity index (χ0n) is 11.1. The van der Waals surface area contributed by atoms with Crippen LogP contribution in [0.5, 0.6) is 5.75 Å². The van der Waals surface area contributed by atoms with Gasteiger partial charge in [-0.2, -0.15) is 0 Å². The van der Waals surface area contributed by atoms with Gasteiger partial charge in [0, 0.05) is 25.3 Å². The first-order valence-electron chi connectivity index (χ1n) is 5.86. The van der Waals surface area contributed by atoms with E-state index in [-0.39, 0.29) is 5.97 Å². The van der Waals surface area contributed by atoms with Crippen LogP contribution in [0.1, 0.15) is 6.92 Å². The molecule has 1 atom stereocenters. The highest BCUT2D eigenvalue weighted by atomic mass is 16.5. The maximum Gasteiger partial charge on any atom is 0.324 e. The highest BCUT2D eigenvalue weighted by Crippen LogP contribution is 2.19. The molecule has 2 N–H and O–H groups in total. The zero-order valence-corrected chi connectivity index (χ0v) is 11.1. The average molecular weight is 252 g/mol. The molecule has 0 bridgehead atoms. The fourth-order valence-corrected chi connectivity index (χ4v) is 1.57. The molecule has 1 aromatic rings. The van der Waals surface area contributed by atoms with Crippen LogP contribution in [0.15, 0.2) is 24.3 Å². The third kappa shape index (κ3) is 3.92. The largest absolute Gasteiger partial charge is 0.497 e. The number of carbonyl (C=O) groups excluding carboxylic acids is 1. The van der Waals surface area contributed by atoms with Gasteiger partial charge in [0.2, 0.25) is 0 Å².